The molecule has 0 atom stereocenters. The molecule has 0 unspecified atom stereocenters. The van der Waals surface area contributed by atoms with Crippen LogP contribution in [-0.4, -0.2) is 23.2 Å². The molecule has 27 heavy (non-hydrogen) atoms. The van der Waals surface area contributed by atoms with E-state index in [1.54, 1.807) is 12.1 Å². The van der Waals surface area contributed by atoms with Crippen LogP contribution in [0.3, 0.4) is 0 Å². The summed E-state index contributed by atoms with van der Waals surface area (Å²) in [6.07, 6.45) is 0. The van der Waals surface area contributed by atoms with Crippen LogP contribution < -0.4 is 4.74 Å². The average molecular weight is 383 g/mol. The monoisotopic (exact) mass is 383 g/mol. The van der Waals surface area contributed by atoms with Crippen molar-refractivity contribution < 1.29 is 19.4 Å². The highest BCUT2D eigenvalue weighted by Gasteiger charge is 2.17. The first-order chi connectivity index (χ1) is 13.0. The van der Waals surface area contributed by atoms with Gasteiger partial charge in [-0.25, -0.2) is 9.78 Å². The molecule has 1 aromatic heterocycles. The number of carbonyl (C=O) groups is 1. The van der Waals surface area contributed by atoms with Crippen molar-refractivity contribution in [2.45, 2.75) is 26.4 Å². The lowest BCUT2D eigenvalue weighted by Crippen LogP contribution is -2.06. The summed E-state index contributed by atoms with van der Waals surface area (Å²) in [4.78, 5) is 16.8. The Morgan fingerprint density at radius 1 is 1.19 bits per heavy atom. The molecule has 0 bridgehead atoms. The Hall–Kier alpha value is -2.86. The minimum absolute atomic E-state index is 0.0378. The number of phenolic OH excluding ortho intramolecular Hbond substituents is 1. The third-order valence-corrected chi connectivity index (χ3v) is 5.11. The van der Waals surface area contributed by atoms with E-state index in [0.717, 1.165) is 10.6 Å². The second-order valence-corrected chi connectivity index (χ2v) is 7.21. The Kier molecular flexibility index (Phi) is 5.76. The molecule has 0 amide bonds. The van der Waals surface area contributed by atoms with Crippen LogP contribution in [0.2, 0.25) is 0 Å². The maximum atomic E-state index is 12.2. The SMILES string of the molecule is COc1cccc(C(=O)OCc2csc(-c3ccc(C(C)C)cc3)n2)c1O. The molecule has 0 aliphatic carbocycles. The van der Waals surface area contributed by atoms with Crippen LogP contribution in [0, 0.1) is 0 Å². The normalized spacial score (nSPS) is 10.8. The fourth-order valence-corrected chi connectivity index (χ4v) is 3.40. The zero-order valence-electron chi connectivity index (χ0n) is 15.4. The highest BCUT2D eigenvalue weighted by atomic mass is 32.1. The third-order valence-electron chi connectivity index (χ3n) is 4.17. The quantitative estimate of drug-likeness (QED) is 0.606. The predicted molar refractivity (Wildman–Crippen MR) is 105 cm³/mol. The molecule has 1 N–H and O–H groups in total. The molecule has 6 heteroatoms. The van der Waals surface area contributed by atoms with Crippen LogP contribution >= 0.6 is 11.3 Å². The maximum absolute atomic E-state index is 12.2. The summed E-state index contributed by atoms with van der Waals surface area (Å²) in [5.41, 5.74) is 3.04. The number of methoxy groups -OCH3 is 1. The van der Waals surface area contributed by atoms with Gasteiger partial charge in [-0.3, -0.25) is 0 Å². The van der Waals surface area contributed by atoms with Crippen molar-refractivity contribution in [1.29, 1.82) is 0 Å². The maximum Gasteiger partial charge on any atom is 0.342 e. The lowest BCUT2D eigenvalue weighted by Gasteiger charge is -2.08. The smallest absolute Gasteiger partial charge is 0.342 e. The zero-order chi connectivity index (χ0) is 19.4. The van der Waals surface area contributed by atoms with Gasteiger partial charge in [-0.1, -0.05) is 44.2 Å². The Bertz CT molecular complexity index is 932. The first-order valence-corrected chi connectivity index (χ1v) is 9.45. The number of nitrogens with zero attached hydrogens (tertiary/aromatic N) is 1. The number of rotatable bonds is 6. The van der Waals surface area contributed by atoms with Crippen molar-refractivity contribution in [3.8, 4) is 22.1 Å². The van der Waals surface area contributed by atoms with Gasteiger partial charge < -0.3 is 14.6 Å². The number of hydrogen-bond donors (Lipinski definition) is 1. The van der Waals surface area contributed by atoms with E-state index in [4.69, 9.17) is 9.47 Å². The van der Waals surface area contributed by atoms with Gasteiger partial charge >= 0.3 is 5.97 Å². The summed E-state index contributed by atoms with van der Waals surface area (Å²) in [5, 5.41) is 12.8. The summed E-state index contributed by atoms with van der Waals surface area (Å²) in [5.74, 6) is -0.139. The molecule has 5 nitrogen and oxygen atoms in total. The second kappa shape index (κ2) is 8.22. The lowest BCUT2D eigenvalue weighted by molar-refractivity contribution is 0.0464. The molecule has 0 radical (unpaired) electrons. The number of aromatic nitrogens is 1. The van der Waals surface area contributed by atoms with Crippen LogP contribution in [-0.2, 0) is 11.3 Å². The van der Waals surface area contributed by atoms with E-state index >= 15 is 0 Å². The number of para-hydroxylation sites is 1. The molecular weight excluding hydrogens is 362 g/mol. The van der Waals surface area contributed by atoms with Gasteiger partial charge in [-0.05, 0) is 23.6 Å². The standard InChI is InChI=1S/C21H21NO4S/c1-13(2)14-7-9-15(10-8-14)20-22-16(12-27-20)11-26-21(24)17-5-4-6-18(25-3)19(17)23/h4-10,12-13,23H,11H2,1-3H3. The number of aromatic hydroxyl groups is 1. The van der Waals surface area contributed by atoms with Crippen molar-refractivity contribution >= 4 is 17.3 Å². The van der Waals surface area contributed by atoms with E-state index in [1.807, 2.05) is 5.38 Å². The van der Waals surface area contributed by atoms with Crippen LogP contribution in [0.4, 0.5) is 0 Å². The molecule has 140 valence electrons. The summed E-state index contributed by atoms with van der Waals surface area (Å²) in [7, 11) is 1.43. The minimum atomic E-state index is -0.623. The Morgan fingerprint density at radius 3 is 2.59 bits per heavy atom. The molecule has 0 fully saturated rings. The van der Waals surface area contributed by atoms with Crippen LogP contribution in [0.25, 0.3) is 10.6 Å². The minimum Gasteiger partial charge on any atom is -0.504 e. The summed E-state index contributed by atoms with van der Waals surface area (Å²) in [6, 6.07) is 13.0. The molecule has 2 aromatic carbocycles. The third kappa shape index (κ3) is 4.28. The summed E-state index contributed by atoms with van der Waals surface area (Å²) in [6.45, 7) is 4.35. The average Bonchev–Trinajstić information content (AvgIpc) is 3.15. The number of carbonyl (C=O) groups excluding carboxylic acids is 1. The summed E-state index contributed by atoms with van der Waals surface area (Å²) < 4.78 is 10.3. The fourth-order valence-electron chi connectivity index (χ4n) is 2.59. The van der Waals surface area contributed by atoms with E-state index in [2.05, 4.69) is 43.1 Å². The molecular formula is C21H21NO4S. The van der Waals surface area contributed by atoms with Gasteiger partial charge in [0, 0.05) is 10.9 Å². The molecule has 0 spiro atoms. The molecule has 1 heterocycles. The highest BCUT2D eigenvalue weighted by Crippen LogP contribution is 2.30. The Labute approximate surface area is 162 Å². The second-order valence-electron chi connectivity index (χ2n) is 6.35. The van der Waals surface area contributed by atoms with Gasteiger partial charge in [0.25, 0.3) is 0 Å². The molecule has 3 aromatic rings. The van der Waals surface area contributed by atoms with Crippen LogP contribution in [0.15, 0.2) is 47.8 Å². The molecule has 0 aliphatic heterocycles. The van der Waals surface area contributed by atoms with Crippen molar-refractivity contribution in [2.24, 2.45) is 0 Å². The zero-order valence-corrected chi connectivity index (χ0v) is 16.2. The van der Waals surface area contributed by atoms with E-state index in [-0.39, 0.29) is 23.7 Å². The number of hydrogen-bond acceptors (Lipinski definition) is 6. The number of ether oxygens (including phenoxy) is 2. The van der Waals surface area contributed by atoms with Crippen molar-refractivity contribution in [3.63, 3.8) is 0 Å². The van der Waals surface area contributed by atoms with E-state index in [1.165, 1.54) is 30.1 Å². The lowest BCUT2D eigenvalue weighted by atomic mass is 10.0. The van der Waals surface area contributed by atoms with Crippen LogP contribution in [0.1, 0.15) is 41.4 Å². The number of benzene rings is 2. The van der Waals surface area contributed by atoms with Crippen molar-refractivity contribution in [1.82, 2.24) is 4.98 Å². The number of thiazole rings is 1. The Morgan fingerprint density at radius 2 is 1.93 bits per heavy atom. The predicted octanol–water partition coefficient (Wildman–Crippen LogP) is 5.00. The van der Waals surface area contributed by atoms with Gasteiger partial charge in [0.15, 0.2) is 11.5 Å². The molecule has 0 aliphatic rings. The first kappa shape index (κ1) is 18.9. The number of esters is 1. The summed E-state index contributed by atoms with van der Waals surface area (Å²) >= 11 is 1.50. The topological polar surface area (TPSA) is 68.7 Å². The van der Waals surface area contributed by atoms with Gasteiger partial charge in [-0.2, -0.15) is 0 Å². The van der Waals surface area contributed by atoms with E-state index < -0.39 is 5.97 Å². The van der Waals surface area contributed by atoms with Gasteiger partial charge in [0.1, 0.15) is 17.2 Å². The van der Waals surface area contributed by atoms with Gasteiger partial charge in [-0.15, -0.1) is 11.3 Å². The van der Waals surface area contributed by atoms with E-state index in [9.17, 15) is 9.90 Å². The van der Waals surface area contributed by atoms with Gasteiger partial charge in [0.05, 0.1) is 12.8 Å². The largest absolute Gasteiger partial charge is 0.504 e. The Balaban J connectivity index is 1.67. The first-order valence-electron chi connectivity index (χ1n) is 8.57. The molecule has 0 saturated carbocycles. The van der Waals surface area contributed by atoms with Crippen molar-refractivity contribution in [3.05, 3.63) is 64.7 Å². The fraction of sp³-hybridized carbons (Fsp3) is 0.238. The number of phenols is 1. The van der Waals surface area contributed by atoms with Crippen molar-refractivity contribution in [2.75, 3.05) is 7.11 Å². The van der Waals surface area contributed by atoms with Gasteiger partial charge in [0.2, 0.25) is 0 Å². The highest BCUT2D eigenvalue weighted by molar-refractivity contribution is 7.13. The molecule has 0 saturated heterocycles. The van der Waals surface area contributed by atoms with Crippen LogP contribution in [0.5, 0.6) is 11.5 Å². The van der Waals surface area contributed by atoms with E-state index in [0.29, 0.717) is 11.6 Å². The molecule has 3 rings (SSSR count).